The van der Waals surface area contributed by atoms with Crippen molar-refractivity contribution in [2.24, 2.45) is 5.73 Å². The second kappa shape index (κ2) is 5.54. The molecule has 0 saturated heterocycles. The standard InChI is InChI=1S/C11H13N5OS/c1-7-15-9(16-17-7)3-5-14-10-6-8(11(12)18)2-4-13-10/h2,4,6H,3,5H2,1H3,(H2,12,18)(H,13,14). The maximum absolute atomic E-state index is 5.55. The molecule has 0 saturated carbocycles. The van der Waals surface area contributed by atoms with Gasteiger partial charge in [-0.2, -0.15) is 4.98 Å². The van der Waals surface area contributed by atoms with Crippen LogP contribution in [0.25, 0.3) is 0 Å². The Morgan fingerprint density at radius 1 is 1.56 bits per heavy atom. The Morgan fingerprint density at radius 3 is 3.06 bits per heavy atom. The van der Waals surface area contributed by atoms with E-state index in [9.17, 15) is 0 Å². The summed E-state index contributed by atoms with van der Waals surface area (Å²) in [5.41, 5.74) is 6.34. The maximum Gasteiger partial charge on any atom is 0.223 e. The van der Waals surface area contributed by atoms with Crippen molar-refractivity contribution in [3.63, 3.8) is 0 Å². The number of rotatable bonds is 5. The lowest BCUT2D eigenvalue weighted by atomic mass is 10.2. The molecule has 7 heteroatoms. The molecule has 18 heavy (non-hydrogen) atoms. The van der Waals surface area contributed by atoms with Crippen molar-refractivity contribution < 1.29 is 4.52 Å². The highest BCUT2D eigenvalue weighted by Gasteiger charge is 2.03. The van der Waals surface area contributed by atoms with Gasteiger partial charge in [-0.1, -0.05) is 17.4 Å². The largest absolute Gasteiger partial charge is 0.389 e. The molecule has 0 aromatic carbocycles. The van der Waals surface area contributed by atoms with Crippen LogP contribution in [0.2, 0.25) is 0 Å². The first kappa shape index (κ1) is 12.4. The fraction of sp³-hybridized carbons (Fsp3) is 0.273. The number of hydrogen-bond acceptors (Lipinski definition) is 6. The predicted molar refractivity (Wildman–Crippen MR) is 71.4 cm³/mol. The molecule has 0 fully saturated rings. The van der Waals surface area contributed by atoms with Gasteiger partial charge in [0.2, 0.25) is 5.89 Å². The van der Waals surface area contributed by atoms with E-state index in [0.29, 0.717) is 29.7 Å². The van der Waals surface area contributed by atoms with E-state index >= 15 is 0 Å². The first-order valence-electron chi connectivity index (χ1n) is 5.44. The van der Waals surface area contributed by atoms with E-state index in [-0.39, 0.29) is 0 Å². The Labute approximate surface area is 110 Å². The minimum absolute atomic E-state index is 0.356. The number of nitrogens with two attached hydrogens (primary N) is 1. The number of nitrogens with zero attached hydrogens (tertiary/aromatic N) is 3. The summed E-state index contributed by atoms with van der Waals surface area (Å²) in [5, 5.41) is 6.96. The molecule has 2 aromatic rings. The van der Waals surface area contributed by atoms with Crippen molar-refractivity contribution in [2.45, 2.75) is 13.3 Å². The monoisotopic (exact) mass is 263 g/mol. The van der Waals surface area contributed by atoms with Crippen molar-refractivity contribution in [1.29, 1.82) is 0 Å². The molecule has 3 N–H and O–H groups in total. The average molecular weight is 263 g/mol. The Morgan fingerprint density at radius 2 is 2.39 bits per heavy atom. The summed E-state index contributed by atoms with van der Waals surface area (Å²) in [6.07, 6.45) is 2.33. The van der Waals surface area contributed by atoms with Gasteiger partial charge in [0.05, 0.1) is 0 Å². The molecule has 2 rings (SSSR count). The molecule has 0 aliphatic heterocycles. The lowest BCUT2D eigenvalue weighted by molar-refractivity contribution is 0.387. The van der Waals surface area contributed by atoms with Crippen LogP contribution in [0.5, 0.6) is 0 Å². The molecular formula is C11H13N5OS. The molecule has 0 aliphatic carbocycles. The third-order valence-corrected chi connectivity index (χ3v) is 2.50. The first-order chi connectivity index (χ1) is 8.65. The summed E-state index contributed by atoms with van der Waals surface area (Å²) in [4.78, 5) is 8.63. The SMILES string of the molecule is Cc1nc(CCNc2cc(C(N)=S)ccn2)no1. The van der Waals surface area contributed by atoms with Crippen molar-refractivity contribution in [2.75, 3.05) is 11.9 Å². The van der Waals surface area contributed by atoms with Gasteiger partial charge in [0, 0.05) is 31.6 Å². The molecular weight excluding hydrogens is 250 g/mol. The number of nitrogens with one attached hydrogen (secondary N) is 1. The highest BCUT2D eigenvalue weighted by molar-refractivity contribution is 7.80. The normalized spacial score (nSPS) is 10.3. The quantitative estimate of drug-likeness (QED) is 0.779. The van der Waals surface area contributed by atoms with Crippen molar-refractivity contribution in [1.82, 2.24) is 15.1 Å². The second-order valence-electron chi connectivity index (χ2n) is 3.70. The predicted octanol–water partition coefficient (Wildman–Crippen LogP) is 1.06. The van der Waals surface area contributed by atoms with E-state index < -0.39 is 0 Å². The number of aromatic nitrogens is 3. The molecule has 94 valence electrons. The Balaban J connectivity index is 1.90. The van der Waals surface area contributed by atoms with Crippen molar-refractivity contribution in [3.8, 4) is 0 Å². The molecule has 0 aliphatic rings. The minimum Gasteiger partial charge on any atom is -0.389 e. The summed E-state index contributed by atoms with van der Waals surface area (Å²) in [7, 11) is 0. The van der Waals surface area contributed by atoms with E-state index in [1.54, 1.807) is 19.2 Å². The Bertz CT molecular complexity index is 554. The fourth-order valence-corrected chi connectivity index (χ4v) is 1.55. The molecule has 0 amide bonds. The van der Waals surface area contributed by atoms with Crippen LogP contribution in [0, 0.1) is 6.92 Å². The Hall–Kier alpha value is -2.02. The Kier molecular flexibility index (Phi) is 3.83. The van der Waals surface area contributed by atoms with Gasteiger partial charge in [-0.05, 0) is 12.1 Å². The van der Waals surface area contributed by atoms with Crippen LogP contribution in [-0.2, 0) is 6.42 Å². The summed E-state index contributed by atoms with van der Waals surface area (Å²) >= 11 is 4.90. The topological polar surface area (TPSA) is 89.9 Å². The summed E-state index contributed by atoms with van der Waals surface area (Å²) in [6.45, 7) is 2.42. The van der Waals surface area contributed by atoms with Crippen LogP contribution in [0.4, 0.5) is 5.82 Å². The lowest BCUT2D eigenvalue weighted by Crippen LogP contribution is -2.12. The maximum atomic E-state index is 5.55. The van der Waals surface area contributed by atoms with E-state index in [0.717, 1.165) is 11.4 Å². The summed E-state index contributed by atoms with van der Waals surface area (Å²) < 4.78 is 4.88. The summed E-state index contributed by atoms with van der Waals surface area (Å²) in [6, 6.07) is 3.58. The number of aryl methyl sites for hydroxylation is 1. The van der Waals surface area contributed by atoms with E-state index in [4.69, 9.17) is 22.5 Å². The smallest absolute Gasteiger partial charge is 0.223 e. The van der Waals surface area contributed by atoms with Gasteiger partial charge < -0.3 is 15.6 Å². The molecule has 2 aromatic heterocycles. The van der Waals surface area contributed by atoms with E-state index in [1.165, 1.54) is 0 Å². The third kappa shape index (κ3) is 3.24. The van der Waals surface area contributed by atoms with Gasteiger partial charge >= 0.3 is 0 Å². The van der Waals surface area contributed by atoms with Crippen LogP contribution < -0.4 is 11.1 Å². The lowest BCUT2D eigenvalue weighted by Gasteiger charge is -2.05. The van der Waals surface area contributed by atoms with Crippen LogP contribution in [0.15, 0.2) is 22.9 Å². The van der Waals surface area contributed by atoms with Gasteiger partial charge in [-0.3, -0.25) is 0 Å². The fourth-order valence-electron chi connectivity index (χ4n) is 1.43. The average Bonchev–Trinajstić information content (AvgIpc) is 2.75. The van der Waals surface area contributed by atoms with Gasteiger partial charge in [-0.25, -0.2) is 4.98 Å². The van der Waals surface area contributed by atoms with Crippen molar-refractivity contribution >= 4 is 23.0 Å². The molecule has 0 unspecified atom stereocenters. The van der Waals surface area contributed by atoms with Crippen LogP contribution >= 0.6 is 12.2 Å². The van der Waals surface area contributed by atoms with Crippen LogP contribution in [0.1, 0.15) is 17.3 Å². The third-order valence-electron chi connectivity index (χ3n) is 2.27. The van der Waals surface area contributed by atoms with E-state index in [2.05, 4.69) is 20.4 Å². The molecule has 0 spiro atoms. The van der Waals surface area contributed by atoms with Crippen LogP contribution in [-0.4, -0.2) is 26.7 Å². The molecule has 0 atom stereocenters. The van der Waals surface area contributed by atoms with Gasteiger partial charge in [0.25, 0.3) is 0 Å². The van der Waals surface area contributed by atoms with Crippen LogP contribution in [0.3, 0.4) is 0 Å². The first-order valence-corrected chi connectivity index (χ1v) is 5.85. The molecule has 0 bridgehead atoms. The van der Waals surface area contributed by atoms with Crippen molar-refractivity contribution in [3.05, 3.63) is 35.6 Å². The highest BCUT2D eigenvalue weighted by Crippen LogP contribution is 2.06. The zero-order valence-corrected chi connectivity index (χ0v) is 10.7. The highest BCUT2D eigenvalue weighted by atomic mass is 32.1. The summed E-state index contributed by atoms with van der Waals surface area (Å²) in [5.74, 6) is 1.96. The number of pyridine rings is 1. The zero-order chi connectivity index (χ0) is 13.0. The minimum atomic E-state index is 0.356. The molecule has 2 heterocycles. The van der Waals surface area contributed by atoms with Gasteiger partial charge in [0.15, 0.2) is 5.82 Å². The number of anilines is 1. The number of hydrogen-bond donors (Lipinski definition) is 2. The number of thiocarbonyl (C=S) groups is 1. The molecule has 0 radical (unpaired) electrons. The second-order valence-corrected chi connectivity index (χ2v) is 4.14. The van der Waals surface area contributed by atoms with E-state index in [1.807, 2.05) is 6.07 Å². The van der Waals surface area contributed by atoms with Gasteiger partial charge in [0.1, 0.15) is 10.8 Å². The van der Waals surface area contributed by atoms with Gasteiger partial charge in [-0.15, -0.1) is 0 Å². The molecule has 6 nitrogen and oxygen atoms in total. The zero-order valence-electron chi connectivity index (χ0n) is 9.88.